The van der Waals surface area contributed by atoms with E-state index < -0.39 is 11.6 Å². The molecule has 1 aliphatic heterocycles. The van der Waals surface area contributed by atoms with Crippen LogP contribution in [0.4, 0.5) is 14.5 Å². The van der Waals surface area contributed by atoms with Gasteiger partial charge >= 0.3 is 0 Å². The maximum absolute atomic E-state index is 14.3. The van der Waals surface area contributed by atoms with Crippen LogP contribution in [0, 0.1) is 17.6 Å². The zero-order chi connectivity index (χ0) is 16.1. The smallest absolute Gasteiger partial charge is 0.149 e. The Morgan fingerprint density at radius 1 is 1.09 bits per heavy atom. The summed E-state index contributed by atoms with van der Waals surface area (Å²) < 4.78 is 27.9. The van der Waals surface area contributed by atoms with E-state index in [9.17, 15) is 8.78 Å². The SMILES string of the molecule is Fc1cc(F)c2c(c1)[C@@H]1C=CC[C@H]1[C@H](c1cccc(Cl)c1Cl)N2. The fraction of sp³-hybridized carbons (Fsp3) is 0.222. The summed E-state index contributed by atoms with van der Waals surface area (Å²) in [5.41, 5.74) is 1.85. The van der Waals surface area contributed by atoms with Crippen LogP contribution < -0.4 is 5.32 Å². The Bertz CT molecular complexity index is 819. The van der Waals surface area contributed by atoms with Gasteiger partial charge in [-0.2, -0.15) is 0 Å². The number of hydrogen-bond donors (Lipinski definition) is 1. The summed E-state index contributed by atoms with van der Waals surface area (Å²) in [7, 11) is 0. The maximum Gasteiger partial charge on any atom is 0.149 e. The van der Waals surface area contributed by atoms with Crippen LogP contribution in [-0.4, -0.2) is 0 Å². The highest BCUT2D eigenvalue weighted by atomic mass is 35.5. The van der Waals surface area contributed by atoms with Crippen LogP contribution in [0.5, 0.6) is 0 Å². The molecule has 1 aliphatic carbocycles. The van der Waals surface area contributed by atoms with Gasteiger partial charge in [-0.25, -0.2) is 8.78 Å². The molecular formula is C18H13Cl2F2N. The Kier molecular flexibility index (Phi) is 3.58. The van der Waals surface area contributed by atoms with Crippen LogP contribution in [0.1, 0.15) is 29.5 Å². The highest BCUT2D eigenvalue weighted by Crippen LogP contribution is 2.51. The molecule has 23 heavy (non-hydrogen) atoms. The lowest BCUT2D eigenvalue weighted by Crippen LogP contribution is -2.30. The number of nitrogens with one attached hydrogen (secondary N) is 1. The summed E-state index contributed by atoms with van der Waals surface area (Å²) in [6.45, 7) is 0. The first kappa shape index (κ1) is 15.0. The second-order valence-electron chi connectivity index (χ2n) is 5.97. The molecule has 1 N–H and O–H groups in total. The van der Waals surface area contributed by atoms with Crippen LogP contribution in [-0.2, 0) is 0 Å². The van der Waals surface area contributed by atoms with Gasteiger partial charge in [-0.05, 0) is 35.6 Å². The summed E-state index contributed by atoms with van der Waals surface area (Å²) in [5, 5.41) is 4.17. The van der Waals surface area contributed by atoms with E-state index in [1.54, 1.807) is 6.07 Å². The molecule has 0 fully saturated rings. The molecule has 2 aromatic rings. The monoisotopic (exact) mass is 351 g/mol. The molecule has 1 nitrogen and oxygen atoms in total. The molecule has 0 saturated carbocycles. The zero-order valence-electron chi connectivity index (χ0n) is 12.0. The van der Waals surface area contributed by atoms with Gasteiger partial charge in [0.25, 0.3) is 0 Å². The van der Waals surface area contributed by atoms with Gasteiger partial charge in [-0.3, -0.25) is 0 Å². The number of anilines is 1. The number of fused-ring (bicyclic) bond motifs is 3. The van der Waals surface area contributed by atoms with E-state index >= 15 is 0 Å². The second kappa shape index (κ2) is 5.50. The minimum Gasteiger partial charge on any atom is -0.375 e. The minimum atomic E-state index is -0.582. The van der Waals surface area contributed by atoms with E-state index in [0.29, 0.717) is 21.3 Å². The molecule has 4 rings (SSSR count). The summed E-state index contributed by atoms with van der Waals surface area (Å²) in [4.78, 5) is 0. The van der Waals surface area contributed by atoms with Gasteiger partial charge in [-0.1, -0.05) is 47.5 Å². The van der Waals surface area contributed by atoms with Crippen molar-refractivity contribution in [3.63, 3.8) is 0 Å². The molecule has 118 valence electrons. The normalized spacial score (nSPS) is 25.0. The highest BCUT2D eigenvalue weighted by Gasteiger charge is 2.40. The first-order valence-electron chi connectivity index (χ1n) is 7.42. The molecule has 0 radical (unpaired) electrons. The second-order valence-corrected chi connectivity index (χ2v) is 6.76. The Hall–Kier alpha value is -1.58. The van der Waals surface area contributed by atoms with Crippen molar-refractivity contribution in [2.45, 2.75) is 18.4 Å². The lowest BCUT2D eigenvalue weighted by atomic mass is 9.77. The molecule has 2 aliphatic rings. The molecule has 0 aromatic heterocycles. The number of halogens is 4. The summed E-state index contributed by atoms with van der Waals surface area (Å²) in [6, 6.07) is 7.60. The zero-order valence-corrected chi connectivity index (χ0v) is 13.5. The fourth-order valence-corrected chi connectivity index (χ4v) is 4.12. The van der Waals surface area contributed by atoms with Crippen molar-refractivity contribution in [2.75, 3.05) is 5.32 Å². The van der Waals surface area contributed by atoms with Gasteiger partial charge in [0.15, 0.2) is 0 Å². The van der Waals surface area contributed by atoms with Crippen molar-refractivity contribution in [2.24, 2.45) is 5.92 Å². The molecular weight excluding hydrogens is 339 g/mol. The standard InChI is InChI=1S/C18H13Cl2F2N/c19-14-6-2-5-12(16(14)20)17-11-4-1-3-10(11)13-7-9(21)8-15(22)18(13)23-17/h1-3,5-8,10-11,17,23H,4H2/t10-,11-,17-/m1/s1. The van der Waals surface area contributed by atoms with Crippen LogP contribution in [0.15, 0.2) is 42.5 Å². The van der Waals surface area contributed by atoms with Crippen molar-refractivity contribution in [3.05, 3.63) is 75.3 Å². The Morgan fingerprint density at radius 2 is 1.91 bits per heavy atom. The van der Waals surface area contributed by atoms with Crippen LogP contribution >= 0.6 is 23.2 Å². The van der Waals surface area contributed by atoms with Crippen molar-refractivity contribution in [3.8, 4) is 0 Å². The van der Waals surface area contributed by atoms with Gasteiger partial charge in [-0.15, -0.1) is 0 Å². The predicted octanol–water partition coefficient (Wildman–Crippen LogP) is 6.10. The van der Waals surface area contributed by atoms with E-state index in [-0.39, 0.29) is 17.9 Å². The Balaban J connectivity index is 1.86. The third-order valence-corrected chi connectivity index (χ3v) is 5.54. The summed E-state index contributed by atoms with van der Waals surface area (Å²) >= 11 is 12.5. The quantitative estimate of drug-likeness (QED) is 0.612. The van der Waals surface area contributed by atoms with Crippen molar-refractivity contribution < 1.29 is 8.78 Å². The van der Waals surface area contributed by atoms with E-state index in [1.807, 2.05) is 18.2 Å². The molecule has 0 amide bonds. The minimum absolute atomic E-state index is 0.0310. The number of hydrogen-bond acceptors (Lipinski definition) is 1. The molecule has 0 unspecified atom stereocenters. The molecule has 0 bridgehead atoms. The van der Waals surface area contributed by atoms with E-state index in [4.69, 9.17) is 23.2 Å². The van der Waals surface area contributed by atoms with Crippen LogP contribution in [0.2, 0.25) is 10.0 Å². The Morgan fingerprint density at radius 3 is 2.74 bits per heavy atom. The lowest BCUT2D eigenvalue weighted by Gasteiger charge is -2.38. The average molecular weight is 352 g/mol. The van der Waals surface area contributed by atoms with Gasteiger partial charge < -0.3 is 5.32 Å². The highest BCUT2D eigenvalue weighted by molar-refractivity contribution is 6.42. The first-order chi connectivity index (χ1) is 11.1. The average Bonchev–Trinajstić information content (AvgIpc) is 3.00. The largest absolute Gasteiger partial charge is 0.375 e. The summed E-state index contributed by atoms with van der Waals surface area (Å²) in [6.07, 6.45) is 4.90. The molecule has 2 aromatic carbocycles. The number of benzene rings is 2. The van der Waals surface area contributed by atoms with Crippen LogP contribution in [0.25, 0.3) is 0 Å². The van der Waals surface area contributed by atoms with Gasteiger partial charge in [0, 0.05) is 12.0 Å². The molecule has 0 spiro atoms. The third-order valence-electron chi connectivity index (χ3n) is 4.70. The summed E-state index contributed by atoms with van der Waals surface area (Å²) in [5.74, 6) is -1.01. The van der Waals surface area contributed by atoms with Crippen LogP contribution in [0.3, 0.4) is 0 Å². The van der Waals surface area contributed by atoms with Gasteiger partial charge in [0.2, 0.25) is 0 Å². The van der Waals surface area contributed by atoms with Crippen molar-refractivity contribution in [1.82, 2.24) is 0 Å². The number of rotatable bonds is 1. The fourth-order valence-electron chi connectivity index (χ4n) is 3.69. The van der Waals surface area contributed by atoms with E-state index in [2.05, 4.69) is 11.4 Å². The molecule has 5 heteroatoms. The lowest BCUT2D eigenvalue weighted by molar-refractivity contribution is 0.418. The predicted molar refractivity (Wildman–Crippen MR) is 89.2 cm³/mol. The molecule has 1 heterocycles. The van der Waals surface area contributed by atoms with Crippen molar-refractivity contribution >= 4 is 28.9 Å². The van der Waals surface area contributed by atoms with E-state index in [0.717, 1.165) is 18.1 Å². The number of allylic oxidation sites excluding steroid dienone is 2. The molecule has 0 saturated heterocycles. The third kappa shape index (κ3) is 2.34. The maximum atomic E-state index is 14.3. The first-order valence-corrected chi connectivity index (χ1v) is 8.18. The van der Waals surface area contributed by atoms with Gasteiger partial charge in [0.05, 0.1) is 21.8 Å². The Labute approximate surface area is 142 Å². The molecule has 3 atom stereocenters. The van der Waals surface area contributed by atoms with Gasteiger partial charge in [0.1, 0.15) is 11.6 Å². The van der Waals surface area contributed by atoms with Crippen molar-refractivity contribution in [1.29, 1.82) is 0 Å². The topological polar surface area (TPSA) is 12.0 Å². The van der Waals surface area contributed by atoms with E-state index in [1.165, 1.54) is 6.07 Å².